The number of rotatable bonds is 2. The van der Waals surface area contributed by atoms with Gasteiger partial charge in [-0.1, -0.05) is 12.8 Å². The van der Waals surface area contributed by atoms with E-state index in [1.165, 1.54) is 12.8 Å². The lowest BCUT2D eigenvalue weighted by Crippen LogP contribution is -2.49. The van der Waals surface area contributed by atoms with Crippen LogP contribution in [0.25, 0.3) is 0 Å². The lowest BCUT2D eigenvalue weighted by Gasteiger charge is -2.26. The first-order valence-corrected chi connectivity index (χ1v) is 5.72. The van der Waals surface area contributed by atoms with Crippen LogP contribution in [0, 0.1) is 5.92 Å². The first-order chi connectivity index (χ1) is 6.70. The van der Waals surface area contributed by atoms with Crippen molar-refractivity contribution in [3.05, 3.63) is 0 Å². The maximum absolute atomic E-state index is 11.9. The van der Waals surface area contributed by atoms with Gasteiger partial charge in [-0.3, -0.25) is 4.79 Å². The molecular weight excluding hydrogens is 176 g/mol. The largest absolute Gasteiger partial charge is 0.349 e. The monoisotopic (exact) mass is 196 g/mol. The van der Waals surface area contributed by atoms with E-state index in [9.17, 15) is 4.79 Å². The van der Waals surface area contributed by atoms with Crippen LogP contribution in [-0.4, -0.2) is 24.5 Å². The molecule has 0 radical (unpaired) electrons. The van der Waals surface area contributed by atoms with Crippen LogP contribution < -0.4 is 10.6 Å². The molecule has 2 fully saturated rings. The lowest BCUT2D eigenvalue weighted by molar-refractivity contribution is -0.126. The third-order valence-corrected chi connectivity index (χ3v) is 3.52. The zero-order valence-corrected chi connectivity index (χ0v) is 8.94. The van der Waals surface area contributed by atoms with Gasteiger partial charge in [0, 0.05) is 12.5 Å². The molecule has 1 saturated heterocycles. The average Bonchev–Trinajstić information content (AvgIpc) is 2.74. The number of hydrogen-bond acceptors (Lipinski definition) is 2. The third-order valence-electron chi connectivity index (χ3n) is 3.52. The van der Waals surface area contributed by atoms with Gasteiger partial charge in [-0.05, 0) is 32.7 Å². The van der Waals surface area contributed by atoms with Crippen molar-refractivity contribution < 1.29 is 4.79 Å². The van der Waals surface area contributed by atoms with Crippen molar-refractivity contribution in [1.82, 2.24) is 10.6 Å². The molecule has 80 valence electrons. The first kappa shape index (κ1) is 9.97. The Hall–Kier alpha value is -0.570. The van der Waals surface area contributed by atoms with E-state index in [1.807, 2.05) is 0 Å². The molecule has 0 bridgehead atoms. The summed E-state index contributed by atoms with van der Waals surface area (Å²) in [6.07, 6.45) is 5.70. The van der Waals surface area contributed by atoms with Gasteiger partial charge in [0.15, 0.2) is 0 Å². The van der Waals surface area contributed by atoms with E-state index in [-0.39, 0.29) is 11.4 Å². The standard InChI is InChI=1S/C11H20N2O/c1-11(6-7-12-8-11)13-10(14)9-4-2-3-5-9/h9,12H,2-8H2,1H3,(H,13,14). The van der Waals surface area contributed by atoms with Gasteiger partial charge in [-0.15, -0.1) is 0 Å². The zero-order valence-electron chi connectivity index (χ0n) is 8.94. The van der Waals surface area contributed by atoms with Crippen LogP contribution in [0.1, 0.15) is 39.0 Å². The van der Waals surface area contributed by atoms with Crippen LogP contribution in [-0.2, 0) is 4.79 Å². The fourth-order valence-electron chi connectivity index (χ4n) is 2.51. The van der Waals surface area contributed by atoms with Gasteiger partial charge in [0.1, 0.15) is 0 Å². The number of carbonyl (C=O) groups is 1. The normalized spacial score (nSPS) is 33.5. The Morgan fingerprint density at radius 1 is 1.43 bits per heavy atom. The lowest BCUT2D eigenvalue weighted by atomic mass is 9.99. The molecule has 0 spiro atoms. The second-order valence-electron chi connectivity index (χ2n) is 4.96. The highest BCUT2D eigenvalue weighted by atomic mass is 16.2. The van der Waals surface area contributed by atoms with Gasteiger partial charge in [-0.25, -0.2) is 0 Å². The summed E-state index contributed by atoms with van der Waals surface area (Å²) in [5.41, 5.74) is 0.0136. The van der Waals surface area contributed by atoms with Crippen molar-refractivity contribution >= 4 is 5.91 Å². The SMILES string of the molecule is CC1(NC(=O)C2CCCC2)CCNC1. The van der Waals surface area contributed by atoms with Crippen LogP contribution in [0.5, 0.6) is 0 Å². The van der Waals surface area contributed by atoms with Crippen LogP contribution in [0.15, 0.2) is 0 Å². The molecule has 14 heavy (non-hydrogen) atoms. The Bertz CT molecular complexity index is 215. The van der Waals surface area contributed by atoms with Gasteiger partial charge in [-0.2, -0.15) is 0 Å². The minimum atomic E-state index is 0.0136. The van der Waals surface area contributed by atoms with E-state index in [4.69, 9.17) is 0 Å². The van der Waals surface area contributed by atoms with E-state index in [2.05, 4.69) is 17.6 Å². The molecule has 0 aromatic carbocycles. The van der Waals surface area contributed by atoms with E-state index in [0.29, 0.717) is 5.92 Å². The number of amides is 1. The summed E-state index contributed by atoms with van der Waals surface area (Å²) in [5.74, 6) is 0.584. The molecule has 1 atom stereocenters. The van der Waals surface area contributed by atoms with Gasteiger partial charge in [0.2, 0.25) is 5.91 Å². The van der Waals surface area contributed by atoms with Crippen molar-refractivity contribution in [3.63, 3.8) is 0 Å². The molecule has 3 nitrogen and oxygen atoms in total. The van der Waals surface area contributed by atoms with E-state index in [1.54, 1.807) is 0 Å². The van der Waals surface area contributed by atoms with Gasteiger partial charge in [0.05, 0.1) is 5.54 Å². The average molecular weight is 196 g/mol. The van der Waals surface area contributed by atoms with Crippen molar-refractivity contribution in [2.45, 2.75) is 44.6 Å². The molecular formula is C11H20N2O. The minimum Gasteiger partial charge on any atom is -0.349 e. The number of hydrogen-bond donors (Lipinski definition) is 2. The molecule has 1 aliphatic heterocycles. The molecule has 2 aliphatic rings. The molecule has 1 aliphatic carbocycles. The highest BCUT2D eigenvalue weighted by molar-refractivity contribution is 5.79. The number of nitrogens with one attached hydrogen (secondary N) is 2. The van der Waals surface area contributed by atoms with E-state index >= 15 is 0 Å². The van der Waals surface area contributed by atoms with Gasteiger partial charge < -0.3 is 10.6 Å². The first-order valence-electron chi connectivity index (χ1n) is 5.72. The molecule has 1 saturated carbocycles. The van der Waals surface area contributed by atoms with Crippen LogP contribution in [0.3, 0.4) is 0 Å². The highest BCUT2D eigenvalue weighted by Gasteiger charge is 2.33. The fourth-order valence-corrected chi connectivity index (χ4v) is 2.51. The molecule has 1 heterocycles. The summed E-state index contributed by atoms with van der Waals surface area (Å²) in [5, 5.41) is 6.49. The predicted octanol–water partition coefficient (Wildman–Crippen LogP) is 1.04. The Morgan fingerprint density at radius 3 is 2.71 bits per heavy atom. The maximum atomic E-state index is 11.9. The minimum absolute atomic E-state index is 0.0136. The number of carbonyl (C=O) groups excluding carboxylic acids is 1. The predicted molar refractivity (Wildman–Crippen MR) is 56.0 cm³/mol. The molecule has 1 unspecified atom stereocenters. The molecule has 2 rings (SSSR count). The third kappa shape index (κ3) is 2.08. The maximum Gasteiger partial charge on any atom is 0.223 e. The quantitative estimate of drug-likeness (QED) is 0.693. The summed E-state index contributed by atoms with van der Waals surface area (Å²) < 4.78 is 0. The molecule has 0 aromatic heterocycles. The molecule has 2 N–H and O–H groups in total. The Balaban J connectivity index is 1.86. The summed E-state index contributed by atoms with van der Waals surface area (Å²) in [6, 6.07) is 0. The smallest absolute Gasteiger partial charge is 0.223 e. The van der Waals surface area contributed by atoms with Crippen LogP contribution >= 0.6 is 0 Å². The summed E-state index contributed by atoms with van der Waals surface area (Å²) in [7, 11) is 0. The topological polar surface area (TPSA) is 41.1 Å². The summed E-state index contributed by atoms with van der Waals surface area (Å²) >= 11 is 0. The van der Waals surface area contributed by atoms with Gasteiger partial charge >= 0.3 is 0 Å². The summed E-state index contributed by atoms with van der Waals surface area (Å²) in [4.78, 5) is 11.9. The summed E-state index contributed by atoms with van der Waals surface area (Å²) in [6.45, 7) is 4.09. The Labute approximate surface area is 85.6 Å². The van der Waals surface area contributed by atoms with Crippen LogP contribution in [0.2, 0.25) is 0 Å². The van der Waals surface area contributed by atoms with Crippen molar-refractivity contribution in [1.29, 1.82) is 0 Å². The van der Waals surface area contributed by atoms with Crippen molar-refractivity contribution in [3.8, 4) is 0 Å². The molecule has 3 heteroatoms. The molecule has 0 aromatic rings. The van der Waals surface area contributed by atoms with Crippen LogP contribution in [0.4, 0.5) is 0 Å². The second kappa shape index (κ2) is 3.89. The Morgan fingerprint density at radius 2 is 2.14 bits per heavy atom. The van der Waals surface area contributed by atoms with Crippen molar-refractivity contribution in [2.75, 3.05) is 13.1 Å². The second-order valence-corrected chi connectivity index (χ2v) is 4.96. The van der Waals surface area contributed by atoms with Crippen molar-refractivity contribution in [2.24, 2.45) is 5.92 Å². The van der Waals surface area contributed by atoms with E-state index in [0.717, 1.165) is 32.4 Å². The Kier molecular flexibility index (Phi) is 2.77. The highest BCUT2D eigenvalue weighted by Crippen LogP contribution is 2.26. The molecule has 1 amide bonds. The fraction of sp³-hybridized carbons (Fsp3) is 0.909. The zero-order chi connectivity index (χ0) is 10.0. The van der Waals surface area contributed by atoms with E-state index < -0.39 is 0 Å². The van der Waals surface area contributed by atoms with Gasteiger partial charge in [0.25, 0.3) is 0 Å².